The average Bonchev–Trinajstić information content (AvgIpc) is 2.50. The van der Waals surface area contributed by atoms with E-state index in [9.17, 15) is 10.0 Å². The highest BCUT2D eigenvalue weighted by molar-refractivity contribution is 6.03. The van der Waals surface area contributed by atoms with Gasteiger partial charge in [0.25, 0.3) is 0 Å². The Hall–Kier alpha value is -2.14. The Morgan fingerprint density at radius 3 is 2.76 bits per heavy atom. The van der Waals surface area contributed by atoms with Crippen LogP contribution >= 0.6 is 0 Å². The Kier molecular flexibility index (Phi) is 3.75. The highest BCUT2D eigenvalue weighted by Crippen LogP contribution is 2.25. The number of benzene rings is 1. The second kappa shape index (κ2) is 5.69. The molecule has 3 aliphatic heterocycles. The van der Waals surface area contributed by atoms with Gasteiger partial charge in [0.15, 0.2) is 5.70 Å². The maximum absolute atomic E-state index is 11.2. The number of nitrogens with one attached hydrogen (secondary N) is 1. The number of rotatable bonds is 2. The minimum absolute atomic E-state index is 0.338. The van der Waals surface area contributed by atoms with Crippen LogP contribution in [0, 0.1) is 5.92 Å². The number of carbonyl (C=O) groups is 1. The number of hydrogen-bond acceptors (Lipinski definition) is 4. The first kappa shape index (κ1) is 13.8. The second-order valence-electron chi connectivity index (χ2n) is 5.55. The SMILES string of the molecule is CC(=O)Oc1ccccc1/C=C1\C(=N\O)C2CC[NH+]1CC2. The summed E-state index contributed by atoms with van der Waals surface area (Å²) < 4.78 is 5.24. The van der Waals surface area contributed by atoms with Crippen molar-refractivity contribution in [2.75, 3.05) is 13.1 Å². The van der Waals surface area contributed by atoms with E-state index in [4.69, 9.17) is 4.74 Å². The molecular weight excluding hydrogens is 268 g/mol. The fraction of sp³-hybridized carbons (Fsp3) is 0.375. The molecule has 2 bridgehead atoms. The van der Waals surface area contributed by atoms with Crippen LogP contribution in [-0.2, 0) is 4.79 Å². The molecule has 3 aliphatic rings. The van der Waals surface area contributed by atoms with Crippen molar-refractivity contribution >= 4 is 17.8 Å². The van der Waals surface area contributed by atoms with Crippen LogP contribution in [0.4, 0.5) is 0 Å². The first-order chi connectivity index (χ1) is 10.2. The van der Waals surface area contributed by atoms with E-state index in [0.717, 1.165) is 42.9 Å². The van der Waals surface area contributed by atoms with Crippen LogP contribution in [0.5, 0.6) is 5.75 Å². The lowest BCUT2D eigenvalue weighted by molar-refractivity contribution is -0.865. The lowest BCUT2D eigenvalue weighted by atomic mass is 9.83. The number of allylic oxidation sites excluding steroid dienone is 1. The van der Waals surface area contributed by atoms with Gasteiger partial charge in [0.1, 0.15) is 11.5 Å². The minimum Gasteiger partial charge on any atom is -0.426 e. The number of nitrogens with zero attached hydrogens (tertiary/aromatic N) is 1. The second-order valence-corrected chi connectivity index (χ2v) is 5.55. The van der Waals surface area contributed by atoms with Gasteiger partial charge in [-0.3, -0.25) is 4.79 Å². The number of fused-ring (bicyclic) bond motifs is 3. The fourth-order valence-electron chi connectivity index (χ4n) is 3.22. The molecular formula is C16H19N2O3+. The van der Waals surface area contributed by atoms with Crippen LogP contribution in [0.25, 0.3) is 6.08 Å². The summed E-state index contributed by atoms with van der Waals surface area (Å²) in [6.07, 6.45) is 4.11. The third kappa shape index (κ3) is 2.69. The van der Waals surface area contributed by atoms with Gasteiger partial charge >= 0.3 is 5.97 Å². The number of quaternary nitrogens is 1. The Morgan fingerprint density at radius 1 is 1.38 bits per heavy atom. The molecule has 3 heterocycles. The van der Waals surface area contributed by atoms with E-state index in [1.165, 1.54) is 11.8 Å². The molecule has 5 nitrogen and oxygen atoms in total. The number of hydrogen-bond donors (Lipinski definition) is 2. The van der Waals surface area contributed by atoms with Gasteiger partial charge < -0.3 is 14.8 Å². The summed E-state index contributed by atoms with van der Waals surface area (Å²) in [5, 5.41) is 12.8. The molecule has 0 aliphatic carbocycles. The number of ether oxygens (including phenoxy) is 1. The van der Waals surface area contributed by atoms with E-state index < -0.39 is 0 Å². The van der Waals surface area contributed by atoms with Crippen molar-refractivity contribution in [3.05, 3.63) is 35.5 Å². The summed E-state index contributed by atoms with van der Waals surface area (Å²) in [7, 11) is 0. The highest BCUT2D eigenvalue weighted by Gasteiger charge is 2.40. The van der Waals surface area contributed by atoms with Crippen molar-refractivity contribution in [3.8, 4) is 5.75 Å². The molecule has 5 heteroatoms. The molecule has 2 N–H and O–H groups in total. The highest BCUT2D eigenvalue weighted by atomic mass is 16.5. The zero-order valence-corrected chi connectivity index (χ0v) is 12.0. The van der Waals surface area contributed by atoms with Crippen LogP contribution in [0.2, 0.25) is 0 Å². The van der Waals surface area contributed by atoms with Gasteiger partial charge in [-0.15, -0.1) is 0 Å². The number of para-hydroxylation sites is 1. The molecule has 0 radical (unpaired) electrons. The maximum Gasteiger partial charge on any atom is 0.308 e. The lowest BCUT2D eigenvalue weighted by Gasteiger charge is -2.37. The molecule has 3 fully saturated rings. The van der Waals surface area contributed by atoms with Crippen LogP contribution < -0.4 is 9.64 Å². The monoisotopic (exact) mass is 287 g/mol. The van der Waals surface area contributed by atoms with E-state index in [1.807, 2.05) is 24.3 Å². The minimum atomic E-state index is -0.338. The first-order valence-electron chi connectivity index (χ1n) is 7.25. The number of esters is 1. The molecule has 21 heavy (non-hydrogen) atoms. The van der Waals surface area contributed by atoms with Crippen LogP contribution in [-0.4, -0.2) is 30.0 Å². The maximum atomic E-state index is 11.2. The first-order valence-corrected chi connectivity index (χ1v) is 7.25. The van der Waals surface area contributed by atoms with Gasteiger partial charge in [-0.05, 0) is 6.07 Å². The van der Waals surface area contributed by atoms with Gasteiger partial charge in [0.05, 0.1) is 13.1 Å². The predicted octanol–water partition coefficient (Wildman–Crippen LogP) is 1.09. The standard InChI is InChI=1S/C16H18N2O3/c1-11(19)21-15-5-3-2-4-13(15)10-14-16(17-20)12-6-8-18(14)9-7-12/h2-5,10,12,20H,6-9H2,1H3/p+1/b14-10+,17-16+. The van der Waals surface area contributed by atoms with Crippen LogP contribution in [0.1, 0.15) is 25.3 Å². The molecule has 0 amide bonds. The van der Waals surface area contributed by atoms with E-state index in [0.29, 0.717) is 11.7 Å². The summed E-state index contributed by atoms with van der Waals surface area (Å²) in [5.41, 5.74) is 2.63. The molecule has 0 saturated carbocycles. The normalized spacial score (nSPS) is 28.0. The Bertz CT molecular complexity index is 614. The van der Waals surface area contributed by atoms with E-state index in [-0.39, 0.29) is 5.97 Å². The van der Waals surface area contributed by atoms with Gasteiger partial charge in [0, 0.05) is 37.3 Å². The van der Waals surface area contributed by atoms with Crippen molar-refractivity contribution in [3.63, 3.8) is 0 Å². The number of piperidine rings is 3. The van der Waals surface area contributed by atoms with E-state index >= 15 is 0 Å². The summed E-state index contributed by atoms with van der Waals surface area (Å²) in [6, 6.07) is 7.42. The number of carbonyl (C=O) groups excluding carboxylic acids is 1. The molecule has 0 atom stereocenters. The molecule has 4 rings (SSSR count). The van der Waals surface area contributed by atoms with Crippen molar-refractivity contribution in [2.45, 2.75) is 19.8 Å². The quantitative estimate of drug-likeness (QED) is 0.370. The van der Waals surface area contributed by atoms with Crippen LogP contribution in [0.15, 0.2) is 35.1 Å². The van der Waals surface area contributed by atoms with Gasteiger partial charge in [-0.2, -0.15) is 0 Å². The fourth-order valence-corrected chi connectivity index (χ4v) is 3.22. The molecule has 0 unspecified atom stereocenters. The smallest absolute Gasteiger partial charge is 0.308 e. The molecule has 0 spiro atoms. The zero-order chi connectivity index (χ0) is 14.8. The largest absolute Gasteiger partial charge is 0.426 e. The van der Waals surface area contributed by atoms with Gasteiger partial charge in [-0.1, -0.05) is 23.4 Å². The topological polar surface area (TPSA) is 63.3 Å². The number of oxime groups is 1. The Balaban J connectivity index is 1.99. The summed E-state index contributed by atoms with van der Waals surface area (Å²) in [4.78, 5) is 12.5. The third-order valence-electron chi connectivity index (χ3n) is 4.21. The van der Waals surface area contributed by atoms with Gasteiger partial charge in [-0.25, -0.2) is 0 Å². The Labute approximate surface area is 123 Å². The molecule has 110 valence electrons. The van der Waals surface area contributed by atoms with E-state index in [1.54, 1.807) is 6.07 Å². The molecule has 1 aromatic rings. The lowest BCUT2D eigenvalue weighted by Crippen LogP contribution is -3.14. The van der Waals surface area contributed by atoms with Crippen molar-refractivity contribution < 1.29 is 19.6 Å². The van der Waals surface area contributed by atoms with Gasteiger partial charge in [0.2, 0.25) is 0 Å². The summed E-state index contributed by atoms with van der Waals surface area (Å²) in [6.45, 7) is 3.51. The van der Waals surface area contributed by atoms with Crippen molar-refractivity contribution in [2.24, 2.45) is 11.1 Å². The third-order valence-corrected chi connectivity index (χ3v) is 4.21. The average molecular weight is 287 g/mol. The summed E-state index contributed by atoms with van der Waals surface area (Å²) >= 11 is 0. The Morgan fingerprint density at radius 2 is 2.10 bits per heavy atom. The molecule has 3 saturated heterocycles. The van der Waals surface area contributed by atoms with Crippen molar-refractivity contribution in [1.29, 1.82) is 0 Å². The summed E-state index contributed by atoms with van der Waals surface area (Å²) in [5.74, 6) is 0.547. The van der Waals surface area contributed by atoms with E-state index in [2.05, 4.69) is 5.16 Å². The zero-order valence-electron chi connectivity index (χ0n) is 12.0. The predicted molar refractivity (Wildman–Crippen MR) is 78.4 cm³/mol. The molecule has 1 aromatic carbocycles. The van der Waals surface area contributed by atoms with Crippen LogP contribution in [0.3, 0.4) is 0 Å². The van der Waals surface area contributed by atoms with Crippen molar-refractivity contribution in [1.82, 2.24) is 0 Å². The molecule has 0 aromatic heterocycles.